The van der Waals surface area contributed by atoms with E-state index in [-0.39, 0.29) is 4.90 Å². The van der Waals surface area contributed by atoms with Crippen LogP contribution in [-0.4, -0.2) is 26.9 Å². The van der Waals surface area contributed by atoms with E-state index in [1.54, 1.807) is 4.68 Å². The van der Waals surface area contributed by atoms with Gasteiger partial charge in [-0.05, 0) is 23.6 Å². The van der Waals surface area contributed by atoms with E-state index in [9.17, 15) is 4.21 Å². The SMILES string of the molecule is CCOC1Cn2ncc(S(N)(=O)=NC(c3ccccc3)(c3ccccc3)c3ccccc3)c2O1. The lowest BCUT2D eigenvalue weighted by atomic mass is 9.78. The Labute approximate surface area is 199 Å². The first kappa shape index (κ1) is 22.3. The molecule has 3 aromatic carbocycles. The molecule has 2 unspecified atom stereocenters. The van der Waals surface area contributed by atoms with Crippen molar-refractivity contribution in [3.05, 3.63) is 114 Å². The molecule has 0 fully saturated rings. The second-order valence-electron chi connectivity index (χ2n) is 7.97. The highest BCUT2D eigenvalue weighted by molar-refractivity contribution is 7.91. The van der Waals surface area contributed by atoms with Crippen molar-refractivity contribution in [2.45, 2.75) is 30.2 Å². The monoisotopic (exact) mass is 474 g/mol. The van der Waals surface area contributed by atoms with Gasteiger partial charge in [0, 0.05) is 6.61 Å². The van der Waals surface area contributed by atoms with E-state index in [4.69, 9.17) is 19.0 Å². The second kappa shape index (κ2) is 9.06. The Morgan fingerprint density at radius 3 is 1.97 bits per heavy atom. The molecule has 34 heavy (non-hydrogen) atoms. The zero-order valence-corrected chi connectivity index (χ0v) is 19.6. The van der Waals surface area contributed by atoms with Gasteiger partial charge in [-0.1, -0.05) is 91.0 Å². The van der Waals surface area contributed by atoms with Crippen molar-refractivity contribution in [3.8, 4) is 5.88 Å². The standard InChI is InChI=1S/C26H26N4O3S/c1-2-32-24-19-30-25(33-24)23(18-28-30)34(27,31)29-26(20-12-6-3-7-13-20,21-14-8-4-9-15-21)22-16-10-5-11-17-22/h3-18,24H,2,19H2,1H3,(H2,27,29,31). The van der Waals surface area contributed by atoms with Gasteiger partial charge in [-0.25, -0.2) is 14.0 Å². The largest absolute Gasteiger partial charge is 0.445 e. The Morgan fingerprint density at radius 2 is 1.50 bits per heavy atom. The van der Waals surface area contributed by atoms with Crippen LogP contribution in [0.1, 0.15) is 23.6 Å². The van der Waals surface area contributed by atoms with Gasteiger partial charge in [0.25, 0.3) is 0 Å². The minimum absolute atomic E-state index is 0.252. The van der Waals surface area contributed by atoms with Crippen LogP contribution < -0.4 is 9.88 Å². The molecule has 7 nitrogen and oxygen atoms in total. The second-order valence-corrected chi connectivity index (χ2v) is 9.73. The Kier molecular flexibility index (Phi) is 5.95. The fourth-order valence-electron chi connectivity index (χ4n) is 4.33. The fourth-order valence-corrected chi connectivity index (χ4v) is 5.75. The van der Waals surface area contributed by atoms with Crippen LogP contribution in [0.2, 0.25) is 0 Å². The number of nitrogens with zero attached hydrogens (tertiary/aromatic N) is 3. The maximum atomic E-state index is 14.2. The summed E-state index contributed by atoms with van der Waals surface area (Å²) in [7, 11) is -3.47. The summed E-state index contributed by atoms with van der Waals surface area (Å²) in [6.45, 7) is 2.78. The first-order chi connectivity index (χ1) is 16.5. The molecule has 1 aromatic heterocycles. The van der Waals surface area contributed by atoms with Crippen LogP contribution >= 0.6 is 0 Å². The zero-order chi connectivity index (χ0) is 23.6. The molecule has 0 saturated carbocycles. The lowest BCUT2D eigenvalue weighted by molar-refractivity contribution is -0.0640. The summed E-state index contributed by atoms with van der Waals surface area (Å²) in [4.78, 5) is 0.252. The van der Waals surface area contributed by atoms with Gasteiger partial charge in [0.05, 0.1) is 6.20 Å². The number of benzene rings is 3. The van der Waals surface area contributed by atoms with Crippen molar-refractivity contribution in [1.29, 1.82) is 0 Å². The summed E-state index contributed by atoms with van der Waals surface area (Å²) in [5, 5.41) is 10.9. The topological polar surface area (TPSA) is 91.7 Å². The van der Waals surface area contributed by atoms with Crippen LogP contribution in [0.5, 0.6) is 5.88 Å². The average Bonchev–Trinajstić information content (AvgIpc) is 3.45. The predicted molar refractivity (Wildman–Crippen MR) is 131 cm³/mol. The number of rotatable bonds is 7. The van der Waals surface area contributed by atoms with Gasteiger partial charge in [-0.15, -0.1) is 0 Å². The van der Waals surface area contributed by atoms with E-state index in [0.717, 1.165) is 16.7 Å². The van der Waals surface area contributed by atoms with Crippen molar-refractivity contribution in [1.82, 2.24) is 9.78 Å². The van der Waals surface area contributed by atoms with Crippen molar-refractivity contribution in [2.24, 2.45) is 9.50 Å². The maximum Gasteiger partial charge on any atom is 0.233 e. The molecule has 2 atom stereocenters. The van der Waals surface area contributed by atoms with Gasteiger partial charge >= 0.3 is 0 Å². The van der Waals surface area contributed by atoms with E-state index in [1.807, 2.05) is 97.9 Å². The van der Waals surface area contributed by atoms with E-state index >= 15 is 0 Å². The van der Waals surface area contributed by atoms with Crippen molar-refractivity contribution in [3.63, 3.8) is 0 Å². The lowest BCUT2D eigenvalue weighted by Crippen LogP contribution is -2.31. The molecule has 2 heterocycles. The molecule has 8 heteroatoms. The predicted octanol–water partition coefficient (Wildman–Crippen LogP) is 4.33. The average molecular weight is 475 g/mol. The number of ether oxygens (including phenoxy) is 2. The van der Waals surface area contributed by atoms with Crippen LogP contribution in [0.4, 0.5) is 0 Å². The Balaban J connectivity index is 1.77. The van der Waals surface area contributed by atoms with Gasteiger partial charge in [0.2, 0.25) is 12.2 Å². The highest BCUT2D eigenvalue weighted by Crippen LogP contribution is 2.43. The normalized spacial score (nSPS) is 16.9. The first-order valence-corrected chi connectivity index (χ1v) is 12.7. The van der Waals surface area contributed by atoms with E-state index in [2.05, 4.69) is 5.10 Å². The molecular weight excluding hydrogens is 448 g/mol. The van der Waals surface area contributed by atoms with Crippen LogP contribution in [-0.2, 0) is 26.7 Å². The smallest absolute Gasteiger partial charge is 0.233 e. The van der Waals surface area contributed by atoms with E-state index in [0.29, 0.717) is 19.0 Å². The number of aromatic nitrogens is 2. The molecule has 0 amide bonds. The summed E-state index contributed by atoms with van der Waals surface area (Å²) in [6.07, 6.45) is 0.986. The molecule has 0 spiro atoms. The molecule has 0 aliphatic carbocycles. The summed E-state index contributed by atoms with van der Waals surface area (Å²) >= 11 is 0. The Morgan fingerprint density at radius 1 is 1.00 bits per heavy atom. The van der Waals surface area contributed by atoms with Crippen LogP contribution in [0.3, 0.4) is 0 Å². The zero-order valence-electron chi connectivity index (χ0n) is 18.8. The number of hydrogen-bond acceptors (Lipinski definition) is 5. The Hall–Kier alpha value is -3.46. The van der Waals surface area contributed by atoms with Crippen LogP contribution in [0, 0.1) is 0 Å². The third-order valence-electron chi connectivity index (χ3n) is 5.84. The van der Waals surface area contributed by atoms with Crippen LogP contribution in [0.25, 0.3) is 0 Å². The quantitative estimate of drug-likeness (QED) is 0.404. The van der Waals surface area contributed by atoms with E-state index in [1.165, 1.54) is 6.20 Å². The number of hydrogen-bond donors (Lipinski definition) is 1. The summed E-state index contributed by atoms with van der Waals surface area (Å²) < 4.78 is 32.3. The summed E-state index contributed by atoms with van der Waals surface area (Å²) in [5.41, 5.74) is 1.43. The van der Waals surface area contributed by atoms with Gasteiger partial charge < -0.3 is 9.47 Å². The van der Waals surface area contributed by atoms with Crippen LogP contribution in [0.15, 0.2) is 106 Å². The first-order valence-electron chi connectivity index (χ1n) is 11.1. The van der Waals surface area contributed by atoms with Gasteiger partial charge in [-0.3, -0.25) is 0 Å². The minimum atomic E-state index is -3.47. The molecule has 2 N–H and O–H groups in total. The number of nitrogens with two attached hydrogens (primary N) is 1. The van der Waals surface area contributed by atoms with Crippen molar-refractivity contribution >= 4 is 9.92 Å². The number of fused-ring (bicyclic) bond motifs is 1. The van der Waals surface area contributed by atoms with Gasteiger partial charge in [0.1, 0.15) is 26.9 Å². The summed E-state index contributed by atoms with van der Waals surface area (Å²) in [6, 6.07) is 29.3. The maximum absolute atomic E-state index is 14.2. The third kappa shape index (κ3) is 3.90. The van der Waals surface area contributed by atoms with Crippen molar-refractivity contribution in [2.75, 3.05) is 6.61 Å². The molecular formula is C26H26N4O3S. The highest BCUT2D eigenvalue weighted by Gasteiger charge is 2.39. The fraction of sp³-hybridized carbons (Fsp3) is 0.192. The van der Waals surface area contributed by atoms with Crippen molar-refractivity contribution < 1.29 is 13.7 Å². The van der Waals surface area contributed by atoms with Gasteiger partial charge in [0.15, 0.2) is 0 Å². The lowest BCUT2D eigenvalue weighted by Gasteiger charge is -2.32. The van der Waals surface area contributed by atoms with E-state index < -0.39 is 21.7 Å². The molecule has 5 rings (SSSR count). The third-order valence-corrected chi connectivity index (χ3v) is 7.29. The summed E-state index contributed by atoms with van der Waals surface area (Å²) in [5.74, 6) is 0.331. The Bertz CT molecular complexity index is 1280. The molecule has 1 aliphatic heterocycles. The van der Waals surface area contributed by atoms with Gasteiger partial charge in [-0.2, -0.15) is 9.46 Å². The molecule has 4 aromatic rings. The highest BCUT2D eigenvalue weighted by atomic mass is 32.2. The molecule has 1 aliphatic rings. The molecule has 0 radical (unpaired) electrons. The molecule has 0 saturated heterocycles. The molecule has 0 bridgehead atoms. The molecule has 174 valence electrons. The minimum Gasteiger partial charge on any atom is -0.445 e.